The molecule has 0 spiro atoms. The third-order valence-electron chi connectivity index (χ3n) is 6.61. The molecule has 1 aliphatic carbocycles. The van der Waals surface area contributed by atoms with Gasteiger partial charge in [0.25, 0.3) is 0 Å². The molecule has 2 aliphatic rings. The van der Waals surface area contributed by atoms with Gasteiger partial charge in [-0.15, -0.1) is 0 Å². The third kappa shape index (κ3) is 3.34. The molecule has 0 unspecified atom stereocenters. The van der Waals surface area contributed by atoms with Crippen LogP contribution in [0, 0.1) is 11.8 Å². The largest absolute Gasteiger partial charge is 0.338 e. The van der Waals surface area contributed by atoms with Crippen molar-refractivity contribution in [1.82, 2.24) is 18.2 Å². The molecule has 0 N–H and O–H groups in total. The number of carbonyl (C=O) groups excluding carboxylic acids is 1. The van der Waals surface area contributed by atoms with Gasteiger partial charge in [0.15, 0.2) is 0 Å². The molecule has 3 atom stereocenters. The van der Waals surface area contributed by atoms with Crippen LogP contribution in [0.4, 0.5) is 0 Å². The Morgan fingerprint density at radius 2 is 1.69 bits per heavy atom. The number of fused-ring (bicyclic) bond motifs is 2. The van der Waals surface area contributed by atoms with Crippen LogP contribution in [0.25, 0.3) is 0 Å². The molecule has 166 valence electrons. The van der Waals surface area contributed by atoms with Crippen LogP contribution >= 0.6 is 0 Å². The lowest BCUT2D eigenvalue weighted by atomic mass is 9.71. The van der Waals surface area contributed by atoms with E-state index in [-0.39, 0.29) is 23.7 Å². The Morgan fingerprint density at radius 1 is 1.03 bits per heavy atom. The lowest BCUT2D eigenvalue weighted by molar-refractivity contribution is -0.132. The van der Waals surface area contributed by atoms with Gasteiger partial charge in [0.1, 0.15) is 6.33 Å². The maximum absolute atomic E-state index is 13.7. The number of amides is 1. The van der Waals surface area contributed by atoms with Gasteiger partial charge < -0.3 is 4.90 Å². The number of aromatic nitrogens is 2. The van der Waals surface area contributed by atoms with E-state index in [2.05, 4.69) is 4.98 Å². The van der Waals surface area contributed by atoms with Gasteiger partial charge in [-0.2, -0.15) is 12.7 Å². The summed E-state index contributed by atoms with van der Waals surface area (Å²) in [6.07, 6.45) is 1.99. The van der Waals surface area contributed by atoms with Gasteiger partial charge in [-0.1, -0.05) is 60.7 Å². The van der Waals surface area contributed by atoms with Gasteiger partial charge in [-0.25, -0.2) is 8.96 Å². The second-order valence-electron chi connectivity index (χ2n) is 8.75. The number of likely N-dealkylation sites (tertiary alicyclic amines) is 1. The van der Waals surface area contributed by atoms with Crippen molar-refractivity contribution in [3.8, 4) is 0 Å². The number of hydrogen-bond acceptors (Lipinski definition) is 4. The summed E-state index contributed by atoms with van der Waals surface area (Å²) < 4.78 is 28.6. The SMILES string of the molecule is CN(C)S(=O)(=O)n1cnc2c1[C@@H](c1ccccc1)[C@@H]1C(=O)N(Cc3ccccc3)C[C@H]1C2. The number of rotatable bonds is 5. The standard InChI is InChI=1S/C24H26N4O3S/c1-26(2)32(30,31)28-16-25-20-13-19-15-27(14-17-9-5-3-6-10-17)24(29)22(19)21(23(20)28)18-11-7-4-8-12-18/h3-12,16,19,21-22H,13-15H2,1-2H3/t19-,21+,22-/m1/s1. The summed E-state index contributed by atoms with van der Waals surface area (Å²) >= 11 is 0. The van der Waals surface area contributed by atoms with Crippen LogP contribution in [-0.4, -0.2) is 53.1 Å². The molecule has 1 amide bonds. The van der Waals surface area contributed by atoms with Gasteiger partial charge in [-0.05, 0) is 23.5 Å². The quantitative estimate of drug-likeness (QED) is 0.599. The zero-order valence-electron chi connectivity index (χ0n) is 18.1. The highest BCUT2D eigenvalue weighted by molar-refractivity contribution is 7.87. The summed E-state index contributed by atoms with van der Waals surface area (Å²) in [4.78, 5) is 20.1. The molecule has 5 rings (SSSR count). The van der Waals surface area contributed by atoms with Crippen LogP contribution in [0.15, 0.2) is 67.0 Å². The fourth-order valence-corrected chi connectivity index (χ4v) is 6.09. The van der Waals surface area contributed by atoms with Crippen molar-refractivity contribution in [3.63, 3.8) is 0 Å². The van der Waals surface area contributed by atoms with Crippen molar-refractivity contribution in [1.29, 1.82) is 0 Å². The van der Waals surface area contributed by atoms with E-state index in [9.17, 15) is 13.2 Å². The van der Waals surface area contributed by atoms with Crippen molar-refractivity contribution >= 4 is 16.1 Å². The maximum atomic E-state index is 13.7. The Morgan fingerprint density at radius 3 is 2.34 bits per heavy atom. The van der Waals surface area contributed by atoms with Crippen LogP contribution in [0.5, 0.6) is 0 Å². The molecule has 1 aromatic heterocycles. The highest BCUT2D eigenvalue weighted by Gasteiger charge is 2.51. The third-order valence-corrected chi connectivity index (χ3v) is 8.32. The lowest BCUT2D eigenvalue weighted by Crippen LogP contribution is -2.37. The number of carbonyl (C=O) groups is 1. The minimum atomic E-state index is -3.76. The van der Waals surface area contributed by atoms with Gasteiger partial charge in [-0.3, -0.25) is 4.79 Å². The van der Waals surface area contributed by atoms with E-state index in [1.807, 2.05) is 65.6 Å². The van der Waals surface area contributed by atoms with E-state index in [1.54, 1.807) is 0 Å². The second kappa shape index (κ2) is 7.86. The molecule has 2 heterocycles. The normalized spacial score (nSPS) is 22.8. The first-order valence-electron chi connectivity index (χ1n) is 10.7. The van der Waals surface area contributed by atoms with Gasteiger partial charge in [0.2, 0.25) is 5.91 Å². The maximum Gasteiger partial charge on any atom is 0.308 e. The number of imidazole rings is 1. The summed E-state index contributed by atoms with van der Waals surface area (Å²) in [6.45, 7) is 1.20. The van der Waals surface area contributed by atoms with E-state index in [0.29, 0.717) is 25.2 Å². The van der Waals surface area contributed by atoms with E-state index >= 15 is 0 Å². The fourth-order valence-electron chi connectivity index (χ4n) is 5.11. The monoisotopic (exact) mass is 450 g/mol. The Hall–Kier alpha value is -2.97. The van der Waals surface area contributed by atoms with Crippen LogP contribution in [0.3, 0.4) is 0 Å². The van der Waals surface area contributed by atoms with Crippen LogP contribution in [0.1, 0.15) is 28.4 Å². The molecule has 0 bridgehead atoms. The molecular formula is C24H26N4O3S. The molecule has 0 saturated carbocycles. The van der Waals surface area contributed by atoms with Crippen molar-refractivity contribution in [2.45, 2.75) is 18.9 Å². The molecule has 1 saturated heterocycles. The Labute approximate surface area is 188 Å². The van der Waals surface area contributed by atoms with Crippen molar-refractivity contribution in [2.75, 3.05) is 20.6 Å². The zero-order valence-corrected chi connectivity index (χ0v) is 18.9. The molecule has 0 radical (unpaired) electrons. The van der Waals surface area contributed by atoms with Crippen LogP contribution in [0.2, 0.25) is 0 Å². The predicted octanol–water partition coefficient (Wildman–Crippen LogP) is 2.50. The predicted molar refractivity (Wildman–Crippen MR) is 121 cm³/mol. The molecule has 32 heavy (non-hydrogen) atoms. The van der Waals surface area contributed by atoms with E-state index < -0.39 is 10.2 Å². The average molecular weight is 451 g/mol. The Bertz CT molecular complexity index is 1240. The second-order valence-corrected chi connectivity index (χ2v) is 10.8. The Balaban J connectivity index is 1.60. The summed E-state index contributed by atoms with van der Waals surface area (Å²) in [5.74, 6) is -0.514. The first kappa shape index (κ1) is 20.9. The van der Waals surface area contributed by atoms with Crippen LogP contribution < -0.4 is 0 Å². The van der Waals surface area contributed by atoms with Crippen molar-refractivity contribution in [3.05, 3.63) is 89.5 Å². The van der Waals surface area contributed by atoms with E-state index in [0.717, 1.165) is 16.8 Å². The van der Waals surface area contributed by atoms with Crippen molar-refractivity contribution < 1.29 is 13.2 Å². The first-order valence-corrected chi connectivity index (χ1v) is 12.1. The molecule has 2 aromatic carbocycles. The molecule has 1 fully saturated rings. The zero-order chi connectivity index (χ0) is 22.5. The minimum Gasteiger partial charge on any atom is -0.338 e. The average Bonchev–Trinajstić information content (AvgIpc) is 3.35. The number of benzene rings is 2. The lowest BCUT2D eigenvalue weighted by Gasteiger charge is -2.33. The van der Waals surface area contributed by atoms with Gasteiger partial charge >= 0.3 is 10.2 Å². The summed E-state index contributed by atoms with van der Waals surface area (Å²) in [5, 5.41) is 0. The topological polar surface area (TPSA) is 75.5 Å². The van der Waals surface area contributed by atoms with E-state index in [4.69, 9.17) is 0 Å². The summed E-state index contributed by atoms with van der Waals surface area (Å²) in [5.41, 5.74) is 3.40. The summed E-state index contributed by atoms with van der Waals surface area (Å²) in [7, 11) is -0.747. The van der Waals surface area contributed by atoms with E-state index in [1.165, 1.54) is 28.7 Å². The van der Waals surface area contributed by atoms with Gasteiger partial charge in [0.05, 0.1) is 17.3 Å². The van der Waals surface area contributed by atoms with Crippen LogP contribution in [-0.2, 0) is 28.0 Å². The molecule has 8 heteroatoms. The Kier molecular flexibility index (Phi) is 5.14. The fraction of sp³-hybridized carbons (Fsp3) is 0.333. The molecule has 7 nitrogen and oxygen atoms in total. The summed E-state index contributed by atoms with van der Waals surface area (Å²) in [6, 6.07) is 19.7. The molecule has 3 aromatic rings. The highest BCUT2D eigenvalue weighted by atomic mass is 32.2. The minimum absolute atomic E-state index is 0.0772. The highest BCUT2D eigenvalue weighted by Crippen LogP contribution is 2.48. The molecular weight excluding hydrogens is 424 g/mol. The first-order chi connectivity index (χ1) is 15.4. The number of nitrogens with zero attached hydrogens (tertiary/aromatic N) is 4. The van der Waals surface area contributed by atoms with Crippen molar-refractivity contribution in [2.24, 2.45) is 11.8 Å². The number of hydrogen-bond donors (Lipinski definition) is 0. The van der Waals surface area contributed by atoms with Gasteiger partial charge in [0, 0.05) is 33.1 Å². The molecule has 1 aliphatic heterocycles. The smallest absolute Gasteiger partial charge is 0.308 e.